The molecule has 0 aliphatic heterocycles. The van der Waals surface area contributed by atoms with Crippen molar-refractivity contribution in [2.75, 3.05) is 19.4 Å². The highest BCUT2D eigenvalue weighted by Gasteiger charge is 2.13. The molecule has 152 valence electrons. The number of esters is 1. The van der Waals surface area contributed by atoms with Crippen LogP contribution in [0, 0.1) is 20.8 Å². The van der Waals surface area contributed by atoms with Gasteiger partial charge in [0.2, 0.25) is 0 Å². The number of carbonyl (C=O) groups excluding carboxylic acids is 1. The van der Waals surface area contributed by atoms with Crippen molar-refractivity contribution >= 4 is 17.3 Å². The average molecular weight is 404 g/mol. The van der Waals surface area contributed by atoms with Crippen LogP contribution in [0.1, 0.15) is 35.6 Å². The number of benzene rings is 2. The molecule has 0 radical (unpaired) electrons. The van der Waals surface area contributed by atoms with Crippen molar-refractivity contribution in [2.24, 2.45) is 0 Å². The van der Waals surface area contributed by atoms with Crippen LogP contribution < -0.4 is 9.46 Å². The second-order valence-corrected chi connectivity index (χ2v) is 8.05. The SMILES string of the molecule is CC(=O)OCc1cccc(-c2c(C)cc(OCCCN[S+](C)[O-])cc2C)c1C. The van der Waals surface area contributed by atoms with Crippen molar-refractivity contribution in [2.45, 2.75) is 40.7 Å². The van der Waals surface area contributed by atoms with Crippen LogP contribution >= 0.6 is 0 Å². The number of aryl methyl sites for hydroxylation is 2. The molecular weight excluding hydrogens is 374 g/mol. The lowest BCUT2D eigenvalue weighted by Crippen LogP contribution is -2.24. The Kier molecular flexibility index (Phi) is 8.35. The molecular formula is C22H29NO4S. The highest BCUT2D eigenvalue weighted by atomic mass is 32.2. The Labute approximate surface area is 170 Å². The van der Waals surface area contributed by atoms with E-state index in [0.717, 1.165) is 40.0 Å². The highest BCUT2D eigenvalue weighted by molar-refractivity contribution is 7.88. The molecule has 2 aromatic carbocycles. The maximum Gasteiger partial charge on any atom is 0.302 e. The normalized spacial score (nSPS) is 11.9. The summed E-state index contributed by atoms with van der Waals surface area (Å²) < 4.78 is 24.9. The van der Waals surface area contributed by atoms with Crippen LogP contribution in [-0.4, -0.2) is 29.9 Å². The molecule has 0 aromatic heterocycles. The summed E-state index contributed by atoms with van der Waals surface area (Å²) in [6.45, 7) is 9.15. The molecule has 0 saturated carbocycles. The van der Waals surface area contributed by atoms with Crippen LogP contribution in [-0.2, 0) is 27.5 Å². The fourth-order valence-electron chi connectivity index (χ4n) is 3.20. The first-order valence-corrected chi connectivity index (χ1v) is 10.9. The van der Waals surface area contributed by atoms with Crippen molar-refractivity contribution in [1.82, 2.24) is 4.72 Å². The highest BCUT2D eigenvalue weighted by Crippen LogP contribution is 2.34. The van der Waals surface area contributed by atoms with E-state index in [-0.39, 0.29) is 12.6 Å². The van der Waals surface area contributed by atoms with Crippen LogP contribution in [0.2, 0.25) is 0 Å². The summed E-state index contributed by atoms with van der Waals surface area (Å²) in [4.78, 5) is 11.1. The summed E-state index contributed by atoms with van der Waals surface area (Å²) in [6, 6.07) is 10.2. The first-order valence-electron chi connectivity index (χ1n) is 9.32. The van der Waals surface area contributed by atoms with Crippen LogP contribution in [0.25, 0.3) is 11.1 Å². The van der Waals surface area contributed by atoms with Gasteiger partial charge in [0.15, 0.2) is 0 Å². The van der Waals surface area contributed by atoms with E-state index in [0.29, 0.717) is 13.2 Å². The molecule has 0 spiro atoms. The Morgan fingerprint density at radius 3 is 2.46 bits per heavy atom. The van der Waals surface area contributed by atoms with E-state index in [1.165, 1.54) is 12.5 Å². The third-order valence-electron chi connectivity index (χ3n) is 4.55. The summed E-state index contributed by atoms with van der Waals surface area (Å²) in [5, 5.41) is 0. The number of ether oxygens (including phenoxy) is 2. The van der Waals surface area contributed by atoms with Gasteiger partial charge in [-0.3, -0.25) is 4.79 Å². The van der Waals surface area contributed by atoms with Gasteiger partial charge in [-0.1, -0.05) is 18.2 Å². The number of hydrogen-bond donors (Lipinski definition) is 1. The number of carbonyl (C=O) groups is 1. The Morgan fingerprint density at radius 2 is 1.86 bits per heavy atom. The van der Waals surface area contributed by atoms with Gasteiger partial charge < -0.3 is 14.0 Å². The van der Waals surface area contributed by atoms with Gasteiger partial charge in [0.1, 0.15) is 18.6 Å². The lowest BCUT2D eigenvalue weighted by molar-refractivity contribution is -0.142. The topological polar surface area (TPSA) is 70.6 Å². The molecule has 0 saturated heterocycles. The van der Waals surface area contributed by atoms with E-state index in [1.807, 2.05) is 24.3 Å². The van der Waals surface area contributed by atoms with Gasteiger partial charge in [0, 0.05) is 24.8 Å². The molecule has 6 heteroatoms. The third kappa shape index (κ3) is 6.26. The Hall–Kier alpha value is -2.02. The molecule has 2 rings (SSSR count). The van der Waals surface area contributed by atoms with Gasteiger partial charge in [-0.15, -0.1) is 4.72 Å². The second kappa shape index (κ2) is 10.5. The van der Waals surface area contributed by atoms with E-state index in [9.17, 15) is 9.35 Å². The van der Waals surface area contributed by atoms with Crippen molar-refractivity contribution < 1.29 is 18.8 Å². The second-order valence-electron chi connectivity index (χ2n) is 6.85. The quantitative estimate of drug-likeness (QED) is 0.389. The standard InChI is InChI=1S/C22H29NO4S/c1-15-12-20(26-11-7-10-23-28(5)25)13-16(2)22(15)21-9-6-8-19(17(21)3)14-27-18(4)24/h6,8-9,12-13,23H,7,10-11,14H2,1-5H3. The molecule has 0 fully saturated rings. The monoisotopic (exact) mass is 403 g/mol. The summed E-state index contributed by atoms with van der Waals surface area (Å²) >= 11 is -0.987. The molecule has 0 bridgehead atoms. The van der Waals surface area contributed by atoms with E-state index in [2.05, 4.69) is 31.6 Å². The zero-order valence-corrected chi connectivity index (χ0v) is 18.1. The molecule has 5 nitrogen and oxygen atoms in total. The van der Waals surface area contributed by atoms with Crippen molar-refractivity contribution in [3.05, 3.63) is 52.6 Å². The molecule has 0 aliphatic rings. The van der Waals surface area contributed by atoms with Gasteiger partial charge in [0.05, 0.1) is 6.61 Å². The molecule has 0 aliphatic carbocycles. The summed E-state index contributed by atoms with van der Waals surface area (Å²) in [5.41, 5.74) is 6.71. The van der Waals surface area contributed by atoms with Gasteiger partial charge in [-0.2, -0.15) is 0 Å². The number of hydrogen-bond acceptors (Lipinski definition) is 5. The lowest BCUT2D eigenvalue weighted by Gasteiger charge is -2.17. The van der Waals surface area contributed by atoms with Gasteiger partial charge in [0.25, 0.3) is 0 Å². The zero-order valence-electron chi connectivity index (χ0n) is 17.3. The van der Waals surface area contributed by atoms with Gasteiger partial charge in [-0.05, 0) is 72.7 Å². The summed E-state index contributed by atoms with van der Waals surface area (Å²) in [7, 11) is 0. The molecule has 1 atom stereocenters. The maximum absolute atomic E-state index is 11.1. The predicted octanol–water partition coefficient (Wildman–Crippen LogP) is 3.99. The van der Waals surface area contributed by atoms with E-state index in [4.69, 9.17) is 9.47 Å². The molecule has 2 aromatic rings. The minimum atomic E-state index is -0.987. The smallest absolute Gasteiger partial charge is 0.302 e. The summed E-state index contributed by atoms with van der Waals surface area (Å²) in [6.07, 6.45) is 2.41. The molecule has 1 unspecified atom stereocenters. The Morgan fingerprint density at radius 1 is 1.18 bits per heavy atom. The van der Waals surface area contributed by atoms with Crippen molar-refractivity contribution in [3.63, 3.8) is 0 Å². The van der Waals surface area contributed by atoms with Gasteiger partial charge >= 0.3 is 5.97 Å². The molecule has 0 heterocycles. The van der Waals surface area contributed by atoms with E-state index in [1.54, 1.807) is 6.26 Å². The van der Waals surface area contributed by atoms with Crippen LogP contribution in [0.3, 0.4) is 0 Å². The van der Waals surface area contributed by atoms with E-state index >= 15 is 0 Å². The van der Waals surface area contributed by atoms with Crippen molar-refractivity contribution in [1.29, 1.82) is 0 Å². The minimum Gasteiger partial charge on any atom is -0.598 e. The third-order valence-corrected chi connectivity index (χ3v) is 5.16. The summed E-state index contributed by atoms with van der Waals surface area (Å²) in [5.74, 6) is 0.559. The Balaban J connectivity index is 2.16. The molecule has 28 heavy (non-hydrogen) atoms. The zero-order chi connectivity index (χ0) is 20.7. The molecule has 0 amide bonds. The fourth-order valence-corrected chi connectivity index (χ4v) is 3.63. The first-order chi connectivity index (χ1) is 13.3. The minimum absolute atomic E-state index is 0.279. The van der Waals surface area contributed by atoms with E-state index < -0.39 is 11.4 Å². The van der Waals surface area contributed by atoms with Crippen LogP contribution in [0.15, 0.2) is 30.3 Å². The van der Waals surface area contributed by atoms with Crippen LogP contribution in [0.5, 0.6) is 5.75 Å². The lowest BCUT2D eigenvalue weighted by atomic mass is 9.90. The van der Waals surface area contributed by atoms with Gasteiger partial charge in [-0.25, -0.2) is 0 Å². The van der Waals surface area contributed by atoms with Crippen molar-refractivity contribution in [3.8, 4) is 16.9 Å². The molecule has 1 N–H and O–H groups in total. The first kappa shape index (κ1) is 22.3. The number of rotatable bonds is 9. The fraction of sp³-hybridized carbons (Fsp3) is 0.409. The average Bonchev–Trinajstić information content (AvgIpc) is 2.61. The van der Waals surface area contributed by atoms with Crippen LogP contribution in [0.4, 0.5) is 0 Å². The largest absolute Gasteiger partial charge is 0.598 e. The predicted molar refractivity (Wildman–Crippen MR) is 114 cm³/mol. The number of nitrogens with one attached hydrogen (secondary N) is 1. The Bertz CT molecular complexity index is 797. The maximum atomic E-state index is 11.1.